The van der Waals surface area contributed by atoms with Crippen molar-refractivity contribution in [1.82, 2.24) is 0 Å². The lowest BCUT2D eigenvalue weighted by molar-refractivity contribution is 0.678. The lowest BCUT2D eigenvalue weighted by Gasteiger charge is -2.07. The summed E-state index contributed by atoms with van der Waals surface area (Å²) in [7, 11) is 0. The van der Waals surface area contributed by atoms with Crippen LogP contribution in [-0.2, 0) is 0 Å². The topological polar surface area (TPSA) is 26.0 Å². The molecule has 0 radical (unpaired) electrons. The van der Waals surface area contributed by atoms with Crippen LogP contribution in [0.4, 0.5) is 0 Å². The van der Waals surface area contributed by atoms with E-state index in [1.54, 1.807) is 0 Å². The van der Waals surface area contributed by atoms with Crippen molar-refractivity contribution < 1.29 is 0 Å². The van der Waals surface area contributed by atoms with Crippen molar-refractivity contribution in [3.63, 3.8) is 0 Å². The minimum atomic E-state index is -0.297. The third-order valence-electron chi connectivity index (χ3n) is 1.50. The molecule has 0 atom stereocenters. The molecule has 1 nitrogen and oxygen atoms in total. The highest BCUT2D eigenvalue weighted by Crippen LogP contribution is 2.31. The Hall–Kier alpha value is -0.480. The third kappa shape index (κ3) is 3.53. The van der Waals surface area contributed by atoms with Gasteiger partial charge in [-0.2, -0.15) is 0 Å². The predicted octanol–water partition coefficient (Wildman–Crippen LogP) is 1.53. The first-order chi connectivity index (χ1) is 4.58. The maximum atomic E-state index is 5.67. The van der Waals surface area contributed by atoms with E-state index in [2.05, 4.69) is 11.8 Å². The summed E-state index contributed by atoms with van der Waals surface area (Å²) in [5.41, 5.74) is 5.37. The third-order valence-corrected chi connectivity index (χ3v) is 1.50. The first kappa shape index (κ1) is 7.63. The highest BCUT2D eigenvalue weighted by Gasteiger charge is 2.19. The lowest BCUT2D eigenvalue weighted by atomic mass is 10.1. The Morgan fingerprint density at radius 2 is 2.10 bits per heavy atom. The summed E-state index contributed by atoms with van der Waals surface area (Å²) >= 11 is 0. The smallest absolute Gasteiger partial charge is 0.0719 e. The van der Waals surface area contributed by atoms with Crippen molar-refractivity contribution in [3.05, 3.63) is 0 Å². The first-order valence-corrected chi connectivity index (χ1v) is 3.87. The van der Waals surface area contributed by atoms with Gasteiger partial charge in [-0.3, -0.25) is 0 Å². The van der Waals surface area contributed by atoms with Crippen LogP contribution in [0.2, 0.25) is 0 Å². The number of hydrogen-bond acceptors (Lipinski definition) is 1. The molecule has 1 aliphatic rings. The Bertz CT molecular complexity index is 161. The molecule has 0 bridgehead atoms. The summed E-state index contributed by atoms with van der Waals surface area (Å²) in [5, 5.41) is 0. The van der Waals surface area contributed by atoms with Gasteiger partial charge in [0.25, 0.3) is 0 Å². The van der Waals surface area contributed by atoms with Crippen LogP contribution >= 0.6 is 0 Å². The molecule has 1 rings (SSSR count). The number of hydrogen-bond donors (Lipinski definition) is 1. The molecular formula is C9H15N. The van der Waals surface area contributed by atoms with Crippen LogP contribution in [0.25, 0.3) is 0 Å². The monoisotopic (exact) mass is 137 g/mol. The van der Waals surface area contributed by atoms with Gasteiger partial charge in [-0.15, -0.1) is 5.92 Å². The fourth-order valence-corrected chi connectivity index (χ4v) is 0.745. The van der Waals surface area contributed by atoms with Gasteiger partial charge in [0.1, 0.15) is 0 Å². The van der Waals surface area contributed by atoms with Crippen molar-refractivity contribution in [3.8, 4) is 11.8 Å². The predicted molar refractivity (Wildman–Crippen MR) is 43.4 cm³/mol. The highest BCUT2D eigenvalue weighted by atomic mass is 14.7. The molecule has 1 heteroatoms. The second-order valence-corrected chi connectivity index (χ2v) is 3.67. The van der Waals surface area contributed by atoms with E-state index < -0.39 is 0 Å². The second-order valence-electron chi connectivity index (χ2n) is 3.67. The maximum Gasteiger partial charge on any atom is 0.0719 e. The van der Waals surface area contributed by atoms with E-state index in [-0.39, 0.29) is 5.54 Å². The molecule has 0 amide bonds. The summed E-state index contributed by atoms with van der Waals surface area (Å²) in [6.45, 7) is 3.87. The average Bonchev–Trinajstić information content (AvgIpc) is 2.45. The van der Waals surface area contributed by atoms with Crippen LogP contribution in [0.1, 0.15) is 33.1 Å². The van der Waals surface area contributed by atoms with Gasteiger partial charge in [-0.25, -0.2) is 0 Å². The van der Waals surface area contributed by atoms with Gasteiger partial charge in [-0.05, 0) is 32.6 Å². The van der Waals surface area contributed by atoms with Crippen molar-refractivity contribution in [1.29, 1.82) is 0 Å². The number of rotatable bonds is 1. The van der Waals surface area contributed by atoms with Crippen molar-refractivity contribution in [2.45, 2.75) is 38.6 Å². The van der Waals surface area contributed by atoms with Crippen LogP contribution in [0.15, 0.2) is 0 Å². The summed E-state index contributed by atoms with van der Waals surface area (Å²) in [4.78, 5) is 0. The van der Waals surface area contributed by atoms with Gasteiger partial charge in [0, 0.05) is 6.42 Å². The molecule has 0 aliphatic heterocycles. The quantitative estimate of drug-likeness (QED) is 0.545. The zero-order chi connectivity index (χ0) is 7.61. The van der Waals surface area contributed by atoms with Gasteiger partial charge >= 0.3 is 0 Å². The van der Waals surface area contributed by atoms with E-state index >= 15 is 0 Å². The van der Waals surface area contributed by atoms with E-state index in [1.165, 1.54) is 12.8 Å². The fourth-order valence-electron chi connectivity index (χ4n) is 0.745. The normalized spacial score (nSPS) is 17.9. The molecule has 0 aromatic rings. The molecule has 0 spiro atoms. The number of nitrogens with two attached hydrogens (primary N) is 1. The Kier molecular flexibility index (Phi) is 2.01. The molecule has 0 saturated heterocycles. The Balaban J connectivity index is 2.23. The van der Waals surface area contributed by atoms with Crippen molar-refractivity contribution in [2.24, 2.45) is 11.7 Å². The summed E-state index contributed by atoms with van der Waals surface area (Å²) in [5.74, 6) is 7.03. The second kappa shape index (κ2) is 2.64. The molecule has 0 aromatic carbocycles. The summed E-state index contributed by atoms with van der Waals surface area (Å²) < 4.78 is 0. The van der Waals surface area contributed by atoms with E-state index in [9.17, 15) is 0 Å². The minimum absolute atomic E-state index is 0.297. The van der Waals surface area contributed by atoms with Gasteiger partial charge in [0.2, 0.25) is 0 Å². The van der Waals surface area contributed by atoms with E-state index in [0.717, 1.165) is 12.3 Å². The van der Waals surface area contributed by atoms with Gasteiger partial charge in [-0.1, -0.05) is 5.92 Å². The molecular weight excluding hydrogens is 122 g/mol. The summed E-state index contributed by atoms with van der Waals surface area (Å²) in [6.07, 6.45) is 3.81. The standard InChI is InChI=1S/C9H15N/c1-9(2,10)7-3-4-8-5-6-8/h8H,4-6,10H2,1-2H3. The maximum absolute atomic E-state index is 5.67. The lowest BCUT2D eigenvalue weighted by Crippen LogP contribution is -2.29. The van der Waals surface area contributed by atoms with Crippen molar-refractivity contribution in [2.75, 3.05) is 0 Å². The SMILES string of the molecule is CC(C)(N)C#CCC1CC1. The van der Waals surface area contributed by atoms with Gasteiger partial charge in [0.15, 0.2) is 0 Å². The summed E-state index contributed by atoms with van der Waals surface area (Å²) in [6, 6.07) is 0. The van der Waals surface area contributed by atoms with Crippen molar-refractivity contribution >= 4 is 0 Å². The zero-order valence-electron chi connectivity index (χ0n) is 6.78. The van der Waals surface area contributed by atoms with Crippen LogP contribution in [0.5, 0.6) is 0 Å². The van der Waals surface area contributed by atoms with E-state index in [1.807, 2.05) is 13.8 Å². The molecule has 1 saturated carbocycles. The highest BCUT2D eigenvalue weighted by molar-refractivity contribution is 5.13. The molecule has 0 aromatic heterocycles. The largest absolute Gasteiger partial charge is 0.316 e. The van der Waals surface area contributed by atoms with Gasteiger partial charge in [0.05, 0.1) is 5.54 Å². The molecule has 10 heavy (non-hydrogen) atoms. The molecule has 0 unspecified atom stereocenters. The Labute approximate surface area is 63.0 Å². The van der Waals surface area contributed by atoms with Crippen LogP contribution in [0.3, 0.4) is 0 Å². The Morgan fingerprint density at radius 3 is 2.50 bits per heavy atom. The zero-order valence-corrected chi connectivity index (χ0v) is 6.78. The van der Waals surface area contributed by atoms with E-state index in [0.29, 0.717) is 0 Å². The minimum Gasteiger partial charge on any atom is -0.316 e. The molecule has 2 N–H and O–H groups in total. The van der Waals surface area contributed by atoms with Gasteiger partial charge < -0.3 is 5.73 Å². The molecule has 1 fully saturated rings. The fraction of sp³-hybridized carbons (Fsp3) is 0.778. The molecule has 56 valence electrons. The van der Waals surface area contributed by atoms with Crippen LogP contribution in [0, 0.1) is 17.8 Å². The Morgan fingerprint density at radius 1 is 1.50 bits per heavy atom. The van der Waals surface area contributed by atoms with E-state index in [4.69, 9.17) is 5.73 Å². The first-order valence-electron chi connectivity index (χ1n) is 3.87. The molecule has 1 aliphatic carbocycles. The van der Waals surface area contributed by atoms with Crippen LogP contribution in [-0.4, -0.2) is 5.54 Å². The van der Waals surface area contributed by atoms with Crippen LogP contribution < -0.4 is 5.73 Å². The molecule has 0 heterocycles. The average molecular weight is 137 g/mol.